The molecule has 1 atom stereocenters. The number of nitrogens with one attached hydrogen (secondary N) is 1. The third-order valence-corrected chi connectivity index (χ3v) is 3.92. The van der Waals surface area contributed by atoms with Crippen molar-refractivity contribution in [1.82, 2.24) is 0 Å². The zero-order chi connectivity index (χ0) is 21.3. The molecule has 0 spiro atoms. The van der Waals surface area contributed by atoms with Gasteiger partial charge in [-0.3, -0.25) is 4.79 Å². The summed E-state index contributed by atoms with van der Waals surface area (Å²) in [5.74, 6) is -1.06. The lowest BCUT2D eigenvalue weighted by Crippen LogP contribution is -2.20. The molecule has 0 bridgehead atoms. The van der Waals surface area contributed by atoms with Crippen LogP contribution in [0.3, 0.4) is 0 Å². The number of carbonyl (C=O) groups excluding carboxylic acids is 1. The summed E-state index contributed by atoms with van der Waals surface area (Å²) >= 11 is 5.79. The van der Waals surface area contributed by atoms with Crippen LogP contribution in [0.5, 0.6) is 0 Å². The number of amides is 1. The van der Waals surface area contributed by atoms with E-state index >= 15 is 0 Å². The van der Waals surface area contributed by atoms with Crippen molar-refractivity contribution in [1.29, 1.82) is 0 Å². The van der Waals surface area contributed by atoms with E-state index in [1.165, 1.54) is 12.1 Å². The van der Waals surface area contributed by atoms with Gasteiger partial charge in [-0.2, -0.15) is 26.3 Å². The molecule has 152 valence electrons. The van der Waals surface area contributed by atoms with Crippen molar-refractivity contribution in [3.63, 3.8) is 0 Å². The fraction of sp³-hybridized carbons (Fsp3) is 0.235. The van der Waals surface area contributed by atoms with Crippen LogP contribution in [0.1, 0.15) is 33.2 Å². The molecular formula is C17H13ClF6N2O2. The van der Waals surface area contributed by atoms with Crippen LogP contribution in [0, 0.1) is 0 Å². The number of halogens is 7. The fourth-order valence-corrected chi connectivity index (χ4v) is 2.54. The molecular weight excluding hydrogens is 414 g/mol. The highest BCUT2D eigenvalue weighted by atomic mass is 35.5. The fourth-order valence-electron chi connectivity index (χ4n) is 2.37. The molecule has 0 radical (unpaired) electrons. The lowest BCUT2D eigenvalue weighted by atomic mass is 10.0. The Bertz CT molecular complexity index is 851. The summed E-state index contributed by atoms with van der Waals surface area (Å²) in [6.45, 7) is -0.274. The van der Waals surface area contributed by atoms with Crippen LogP contribution in [-0.2, 0) is 12.4 Å². The summed E-state index contributed by atoms with van der Waals surface area (Å²) in [5.41, 5.74) is 1.24. The first-order valence-corrected chi connectivity index (χ1v) is 7.99. The number of anilines is 1. The van der Waals surface area contributed by atoms with Gasteiger partial charge in [-0.05, 0) is 35.9 Å². The maximum absolute atomic E-state index is 12.9. The second-order valence-corrected chi connectivity index (χ2v) is 6.17. The van der Waals surface area contributed by atoms with Gasteiger partial charge in [-0.1, -0.05) is 17.7 Å². The highest BCUT2D eigenvalue weighted by molar-refractivity contribution is 6.31. The molecule has 2 aromatic rings. The van der Waals surface area contributed by atoms with E-state index in [9.17, 15) is 36.2 Å². The molecule has 0 fully saturated rings. The van der Waals surface area contributed by atoms with E-state index in [0.29, 0.717) is 12.1 Å². The number of nitrogens with two attached hydrogens (primary N) is 1. The van der Waals surface area contributed by atoms with Crippen molar-refractivity contribution in [3.8, 4) is 0 Å². The first-order valence-electron chi connectivity index (χ1n) is 7.61. The van der Waals surface area contributed by atoms with Crippen LogP contribution >= 0.6 is 11.6 Å². The molecule has 11 heteroatoms. The largest absolute Gasteiger partial charge is 0.416 e. The maximum Gasteiger partial charge on any atom is 0.416 e. The lowest BCUT2D eigenvalue weighted by molar-refractivity contribution is -0.143. The molecule has 0 saturated carbocycles. The highest BCUT2D eigenvalue weighted by Crippen LogP contribution is 2.37. The summed E-state index contributed by atoms with van der Waals surface area (Å²) < 4.78 is 77.5. The Kier molecular flexibility index (Phi) is 6.27. The summed E-state index contributed by atoms with van der Waals surface area (Å²) in [6, 6.07) is 4.43. The minimum absolute atomic E-state index is 0.0208. The monoisotopic (exact) mass is 426 g/mol. The quantitative estimate of drug-likeness (QED) is 0.624. The molecule has 2 aromatic carbocycles. The first kappa shape index (κ1) is 22.0. The van der Waals surface area contributed by atoms with Crippen LogP contribution in [0.2, 0.25) is 5.02 Å². The van der Waals surface area contributed by atoms with Crippen LogP contribution in [-0.4, -0.2) is 17.6 Å². The van der Waals surface area contributed by atoms with Gasteiger partial charge in [0.15, 0.2) is 0 Å². The number of aliphatic hydroxyl groups excluding tert-OH is 1. The normalized spacial score (nSPS) is 13.3. The Morgan fingerprint density at radius 1 is 1.04 bits per heavy atom. The summed E-state index contributed by atoms with van der Waals surface area (Å²) in [7, 11) is 0. The van der Waals surface area contributed by atoms with E-state index < -0.39 is 41.2 Å². The molecule has 1 unspecified atom stereocenters. The molecule has 0 aromatic heterocycles. The van der Waals surface area contributed by atoms with Gasteiger partial charge in [0.25, 0.3) is 5.91 Å². The average molecular weight is 427 g/mol. The minimum atomic E-state index is -5.06. The highest BCUT2D eigenvalue weighted by Gasteiger charge is 2.37. The van der Waals surface area contributed by atoms with Crippen molar-refractivity contribution < 1.29 is 36.2 Å². The smallest absolute Gasteiger partial charge is 0.387 e. The average Bonchev–Trinajstić information content (AvgIpc) is 2.59. The summed E-state index contributed by atoms with van der Waals surface area (Å²) in [4.78, 5) is 12.4. The van der Waals surface area contributed by atoms with Gasteiger partial charge in [-0.25, -0.2) is 0 Å². The summed E-state index contributed by atoms with van der Waals surface area (Å²) in [6.07, 6.45) is -11.4. The number of benzene rings is 2. The Morgan fingerprint density at radius 3 is 2.04 bits per heavy atom. The second kappa shape index (κ2) is 7.98. The zero-order valence-corrected chi connectivity index (χ0v) is 14.6. The Morgan fingerprint density at radius 2 is 1.57 bits per heavy atom. The third-order valence-electron chi connectivity index (χ3n) is 3.69. The van der Waals surface area contributed by atoms with Gasteiger partial charge in [0.2, 0.25) is 0 Å². The van der Waals surface area contributed by atoms with Crippen LogP contribution in [0.25, 0.3) is 0 Å². The van der Waals surface area contributed by atoms with Gasteiger partial charge in [0, 0.05) is 22.8 Å². The number of hydrogen-bond donors (Lipinski definition) is 3. The van der Waals surface area contributed by atoms with E-state index in [1.807, 2.05) is 5.32 Å². The number of alkyl halides is 6. The Balaban J connectivity index is 2.48. The van der Waals surface area contributed by atoms with Gasteiger partial charge in [0.05, 0.1) is 17.2 Å². The Labute approximate surface area is 159 Å². The van der Waals surface area contributed by atoms with Gasteiger partial charge in [-0.15, -0.1) is 0 Å². The number of hydrogen-bond acceptors (Lipinski definition) is 3. The van der Waals surface area contributed by atoms with Crippen LogP contribution in [0.15, 0.2) is 36.4 Å². The first-order chi connectivity index (χ1) is 12.8. The van der Waals surface area contributed by atoms with Crippen molar-refractivity contribution >= 4 is 23.2 Å². The van der Waals surface area contributed by atoms with Crippen molar-refractivity contribution in [2.75, 3.05) is 11.9 Å². The van der Waals surface area contributed by atoms with Crippen LogP contribution in [0.4, 0.5) is 32.0 Å². The SMILES string of the molecule is NCC(O)c1ccc(Cl)cc1C(=O)Nc1cc(C(F)(F)F)cc(C(F)(F)F)c1. The van der Waals surface area contributed by atoms with Gasteiger partial charge < -0.3 is 16.2 Å². The zero-order valence-electron chi connectivity index (χ0n) is 13.8. The lowest BCUT2D eigenvalue weighted by Gasteiger charge is -2.17. The standard InChI is InChI=1S/C17H13ClF6N2O2/c18-10-1-2-12(14(27)7-25)13(6-10)15(28)26-11-4-8(16(19,20)21)3-9(5-11)17(22,23)24/h1-6,14,27H,7,25H2,(H,26,28). The molecule has 4 N–H and O–H groups in total. The van der Waals surface area contributed by atoms with Gasteiger partial charge >= 0.3 is 12.4 Å². The number of carbonyl (C=O) groups is 1. The molecule has 1 amide bonds. The minimum Gasteiger partial charge on any atom is -0.387 e. The van der Waals surface area contributed by atoms with Crippen molar-refractivity contribution in [3.05, 3.63) is 63.7 Å². The maximum atomic E-state index is 12.9. The van der Waals surface area contributed by atoms with E-state index in [0.717, 1.165) is 6.07 Å². The van der Waals surface area contributed by atoms with E-state index in [4.69, 9.17) is 17.3 Å². The molecule has 2 rings (SSSR count). The van der Waals surface area contributed by atoms with E-state index in [2.05, 4.69) is 0 Å². The second-order valence-electron chi connectivity index (χ2n) is 5.73. The van der Waals surface area contributed by atoms with E-state index in [-0.39, 0.29) is 28.8 Å². The molecule has 0 aliphatic heterocycles. The van der Waals surface area contributed by atoms with Crippen LogP contribution < -0.4 is 11.1 Å². The number of rotatable bonds is 4. The topological polar surface area (TPSA) is 75.3 Å². The van der Waals surface area contributed by atoms with Gasteiger partial charge in [0.1, 0.15) is 0 Å². The molecule has 4 nitrogen and oxygen atoms in total. The molecule has 0 heterocycles. The molecule has 0 aliphatic carbocycles. The number of aliphatic hydroxyl groups is 1. The van der Waals surface area contributed by atoms with E-state index in [1.54, 1.807) is 0 Å². The third kappa shape index (κ3) is 5.15. The van der Waals surface area contributed by atoms with Crippen molar-refractivity contribution in [2.24, 2.45) is 5.73 Å². The van der Waals surface area contributed by atoms with Crippen molar-refractivity contribution in [2.45, 2.75) is 18.5 Å². The molecule has 0 aliphatic rings. The molecule has 28 heavy (non-hydrogen) atoms. The predicted octanol–water partition coefficient (Wildman–Crippen LogP) is 4.62. The summed E-state index contributed by atoms with van der Waals surface area (Å²) in [5, 5.41) is 11.9. The predicted molar refractivity (Wildman–Crippen MR) is 89.9 cm³/mol. The Hall–Kier alpha value is -2.30. The molecule has 0 saturated heterocycles.